The number of hydrogen-bond donors (Lipinski definition) is 1. The molecule has 0 aliphatic carbocycles. The van der Waals surface area contributed by atoms with E-state index in [0.717, 1.165) is 29.0 Å². The molecular formula is C13H15N3O2. The molecule has 1 aliphatic heterocycles. The molecule has 2 heterocycles. The Morgan fingerprint density at radius 1 is 1.22 bits per heavy atom. The number of hydrogen-bond acceptors (Lipinski definition) is 4. The molecule has 0 amide bonds. The van der Waals surface area contributed by atoms with Gasteiger partial charge in [-0.05, 0) is 17.7 Å². The summed E-state index contributed by atoms with van der Waals surface area (Å²) in [5, 5.41) is 4.14. The lowest BCUT2D eigenvalue weighted by Gasteiger charge is -2.08. The number of fused-ring (bicyclic) bond motifs is 1. The van der Waals surface area contributed by atoms with Gasteiger partial charge in [-0.3, -0.25) is 4.68 Å². The average molecular weight is 245 g/mol. The summed E-state index contributed by atoms with van der Waals surface area (Å²) in [6.45, 7) is 1.38. The van der Waals surface area contributed by atoms with E-state index in [-0.39, 0.29) is 0 Å². The number of aromatic nitrogens is 2. The molecule has 0 unspecified atom stereocenters. The van der Waals surface area contributed by atoms with Gasteiger partial charge in [-0.15, -0.1) is 0 Å². The van der Waals surface area contributed by atoms with Gasteiger partial charge in [0.25, 0.3) is 0 Å². The van der Waals surface area contributed by atoms with Gasteiger partial charge in [0.05, 0.1) is 13.2 Å². The van der Waals surface area contributed by atoms with E-state index in [1.807, 2.05) is 31.4 Å². The summed E-state index contributed by atoms with van der Waals surface area (Å²) in [6.07, 6.45) is 2.80. The van der Waals surface area contributed by atoms with Gasteiger partial charge in [-0.2, -0.15) is 5.10 Å². The molecular weight excluding hydrogens is 230 g/mol. The summed E-state index contributed by atoms with van der Waals surface area (Å²) in [5.41, 5.74) is 7.78. The highest BCUT2D eigenvalue weighted by molar-refractivity contribution is 5.75. The predicted molar refractivity (Wildman–Crippen MR) is 68.7 cm³/mol. The third-order valence-corrected chi connectivity index (χ3v) is 2.92. The van der Waals surface area contributed by atoms with Crippen molar-refractivity contribution in [3.8, 4) is 22.6 Å². The first kappa shape index (κ1) is 11.0. The monoisotopic (exact) mass is 245 g/mol. The van der Waals surface area contributed by atoms with Crippen molar-refractivity contribution >= 4 is 5.82 Å². The summed E-state index contributed by atoms with van der Waals surface area (Å²) in [6, 6.07) is 5.84. The minimum absolute atomic E-state index is 0.520. The van der Waals surface area contributed by atoms with Crippen LogP contribution in [0.3, 0.4) is 0 Å². The van der Waals surface area contributed by atoms with E-state index in [2.05, 4.69) is 5.10 Å². The number of nitrogen functional groups attached to an aromatic ring is 1. The predicted octanol–water partition coefficient (Wildman–Crippen LogP) is 1.83. The first-order chi connectivity index (χ1) is 8.74. The van der Waals surface area contributed by atoms with Crippen molar-refractivity contribution in [2.45, 2.75) is 6.42 Å². The molecule has 0 radical (unpaired) electrons. The number of ether oxygens (including phenoxy) is 2. The second-order valence-electron chi connectivity index (χ2n) is 4.31. The lowest BCUT2D eigenvalue weighted by molar-refractivity contribution is 0.297. The van der Waals surface area contributed by atoms with E-state index in [0.29, 0.717) is 19.0 Å². The van der Waals surface area contributed by atoms with E-state index in [9.17, 15) is 0 Å². The average Bonchev–Trinajstić information content (AvgIpc) is 2.58. The van der Waals surface area contributed by atoms with Crippen LogP contribution in [-0.4, -0.2) is 23.0 Å². The van der Waals surface area contributed by atoms with Gasteiger partial charge in [0.1, 0.15) is 0 Å². The highest BCUT2D eigenvalue weighted by Crippen LogP contribution is 2.35. The minimum atomic E-state index is 0.520. The van der Waals surface area contributed by atoms with E-state index >= 15 is 0 Å². The SMILES string of the molecule is Cn1cc(-c2ccc3c(c2)OCCCO3)c(N)n1. The van der Waals surface area contributed by atoms with Gasteiger partial charge in [0.15, 0.2) is 17.3 Å². The summed E-state index contributed by atoms with van der Waals surface area (Å²) < 4.78 is 13.0. The molecule has 94 valence electrons. The lowest BCUT2D eigenvalue weighted by atomic mass is 10.1. The van der Waals surface area contributed by atoms with E-state index < -0.39 is 0 Å². The lowest BCUT2D eigenvalue weighted by Crippen LogP contribution is -1.97. The van der Waals surface area contributed by atoms with E-state index in [1.165, 1.54) is 0 Å². The molecule has 1 aromatic heterocycles. The Labute approximate surface area is 105 Å². The standard InChI is InChI=1S/C13H15N3O2/c1-16-8-10(13(14)15-16)9-3-4-11-12(7-9)18-6-2-5-17-11/h3-4,7-8H,2,5-6H2,1H3,(H2,14,15). The molecule has 3 rings (SSSR count). The summed E-state index contributed by atoms with van der Waals surface area (Å²) in [7, 11) is 1.85. The van der Waals surface area contributed by atoms with Crippen molar-refractivity contribution in [2.24, 2.45) is 7.05 Å². The van der Waals surface area contributed by atoms with Crippen molar-refractivity contribution in [3.05, 3.63) is 24.4 Å². The minimum Gasteiger partial charge on any atom is -0.490 e. The van der Waals surface area contributed by atoms with Gasteiger partial charge in [-0.25, -0.2) is 0 Å². The molecule has 2 aromatic rings. The Bertz CT molecular complexity index is 578. The molecule has 5 heteroatoms. The zero-order valence-electron chi connectivity index (χ0n) is 10.2. The maximum atomic E-state index is 5.88. The molecule has 0 saturated heterocycles. The van der Waals surface area contributed by atoms with Crippen LogP contribution in [0.4, 0.5) is 5.82 Å². The maximum absolute atomic E-state index is 5.88. The van der Waals surface area contributed by atoms with Gasteiger partial charge >= 0.3 is 0 Å². The highest BCUT2D eigenvalue weighted by Gasteiger charge is 2.13. The molecule has 0 bridgehead atoms. The van der Waals surface area contributed by atoms with Gasteiger partial charge in [0, 0.05) is 25.2 Å². The third-order valence-electron chi connectivity index (χ3n) is 2.92. The Morgan fingerprint density at radius 2 is 2.00 bits per heavy atom. The number of nitrogens with zero attached hydrogens (tertiary/aromatic N) is 2. The third kappa shape index (κ3) is 1.88. The van der Waals surface area contributed by atoms with Gasteiger partial charge < -0.3 is 15.2 Å². The fraction of sp³-hybridized carbons (Fsp3) is 0.308. The van der Waals surface area contributed by atoms with Gasteiger partial charge in [0.2, 0.25) is 0 Å². The summed E-state index contributed by atoms with van der Waals surface area (Å²) >= 11 is 0. The van der Waals surface area contributed by atoms with Crippen molar-refractivity contribution in [3.63, 3.8) is 0 Å². The molecule has 1 aliphatic rings. The van der Waals surface area contributed by atoms with Crippen molar-refractivity contribution in [2.75, 3.05) is 18.9 Å². The quantitative estimate of drug-likeness (QED) is 0.832. The first-order valence-corrected chi connectivity index (χ1v) is 5.93. The first-order valence-electron chi connectivity index (χ1n) is 5.93. The molecule has 0 spiro atoms. The number of anilines is 1. The van der Waals surface area contributed by atoms with Crippen LogP contribution in [0.25, 0.3) is 11.1 Å². The number of rotatable bonds is 1. The largest absolute Gasteiger partial charge is 0.490 e. The van der Waals surface area contributed by atoms with Crippen LogP contribution in [0.5, 0.6) is 11.5 Å². The fourth-order valence-corrected chi connectivity index (χ4v) is 2.06. The maximum Gasteiger partial charge on any atom is 0.161 e. The smallest absolute Gasteiger partial charge is 0.161 e. The highest BCUT2D eigenvalue weighted by atomic mass is 16.5. The molecule has 5 nitrogen and oxygen atoms in total. The van der Waals surface area contributed by atoms with Crippen LogP contribution in [0.15, 0.2) is 24.4 Å². The van der Waals surface area contributed by atoms with Crippen LogP contribution in [0, 0.1) is 0 Å². The van der Waals surface area contributed by atoms with Crippen LogP contribution in [0.2, 0.25) is 0 Å². The van der Waals surface area contributed by atoms with Crippen LogP contribution in [-0.2, 0) is 7.05 Å². The van der Waals surface area contributed by atoms with Crippen molar-refractivity contribution < 1.29 is 9.47 Å². The van der Waals surface area contributed by atoms with Crippen LogP contribution >= 0.6 is 0 Å². The normalized spacial score (nSPS) is 14.3. The zero-order valence-corrected chi connectivity index (χ0v) is 10.2. The Hall–Kier alpha value is -2.17. The second kappa shape index (κ2) is 4.25. The molecule has 0 atom stereocenters. The molecule has 0 saturated carbocycles. The van der Waals surface area contributed by atoms with E-state index in [1.54, 1.807) is 4.68 Å². The van der Waals surface area contributed by atoms with Crippen LogP contribution in [0.1, 0.15) is 6.42 Å². The second-order valence-corrected chi connectivity index (χ2v) is 4.31. The summed E-state index contributed by atoms with van der Waals surface area (Å²) in [4.78, 5) is 0. The van der Waals surface area contributed by atoms with Crippen LogP contribution < -0.4 is 15.2 Å². The molecule has 2 N–H and O–H groups in total. The topological polar surface area (TPSA) is 62.3 Å². The number of nitrogens with two attached hydrogens (primary N) is 1. The van der Waals surface area contributed by atoms with Gasteiger partial charge in [-0.1, -0.05) is 6.07 Å². The zero-order chi connectivity index (χ0) is 12.5. The van der Waals surface area contributed by atoms with Crippen molar-refractivity contribution in [1.29, 1.82) is 0 Å². The number of aryl methyl sites for hydroxylation is 1. The van der Waals surface area contributed by atoms with E-state index in [4.69, 9.17) is 15.2 Å². The summed E-state index contributed by atoms with van der Waals surface area (Å²) in [5.74, 6) is 2.08. The molecule has 18 heavy (non-hydrogen) atoms. The Morgan fingerprint density at radius 3 is 2.72 bits per heavy atom. The molecule has 1 aromatic carbocycles. The van der Waals surface area contributed by atoms with Crippen molar-refractivity contribution in [1.82, 2.24) is 9.78 Å². The Kier molecular flexibility index (Phi) is 2.59. The Balaban J connectivity index is 2.04. The molecule has 0 fully saturated rings. The fourth-order valence-electron chi connectivity index (χ4n) is 2.06. The number of benzene rings is 1.